The summed E-state index contributed by atoms with van der Waals surface area (Å²) in [6.07, 6.45) is 0.534. The van der Waals surface area contributed by atoms with E-state index < -0.39 is 12.0 Å². The maximum Gasteiger partial charge on any atom is 0.328 e. The van der Waals surface area contributed by atoms with Crippen molar-refractivity contribution < 1.29 is 14.3 Å². The number of amides is 1. The summed E-state index contributed by atoms with van der Waals surface area (Å²) in [5.74, 6) is 0.526. The molecule has 1 N–H and O–H groups in total. The van der Waals surface area contributed by atoms with Gasteiger partial charge in [-0.2, -0.15) is 0 Å². The molecule has 1 amide bonds. The fraction of sp³-hybridized carbons (Fsp3) is 0.474. The second-order valence-electron chi connectivity index (χ2n) is 6.48. The molecule has 146 valence electrons. The first kappa shape index (κ1) is 21.0. The Kier molecular flexibility index (Phi) is 7.84. The van der Waals surface area contributed by atoms with Crippen molar-refractivity contribution in [2.24, 2.45) is 5.92 Å². The summed E-state index contributed by atoms with van der Waals surface area (Å²) in [7, 11) is 1.32. The fourth-order valence-corrected chi connectivity index (χ4v) is 3.49. The molecule has 0 saturated heterocycles. The lowest BCUT2D eigenvalue weighted by Gasteiger charge is -2.18. The summed E-state index contributed by atoms with van der Waals surface area (Å²) in [5.41, 5.74) is 0.978. The van der Waals surface area contributed by atoms with E-state index in [1.54, 1.807) is 0 Å². The monoisotopic (exact) mass is 390 g/mol. The number of esters is 1. The number of thioether (sulfide) groups is 1. The second-order valence-corrected chi connectivity index (χ2v) is 7.42. The van der Waals surface area contributed by atoms with Gasteiger partial charge in [0.2, 0.25) is 5.91 Å². The molecule has 0 spiro atoms. The van der Waals surface area contributed by atoms with Gasteiger partial charge in [-0.05, 0) is 19.3 Å². The number of aromatic nitrogens is 3. The predicted octanol–water partition coefficient (Wildman–Crippen LogP) is 2.76. The summed E-state index contributed by atoms with van der Waals surface area (Å²) in [5, 5.41) is 11.9. The normalized spacial score (nSPS) is 12.0. The molecule has 1 heterocycles. The molecule has 2 rings (SSSR count). The van der Waals surface area contributed by atoms with E-state index in [4.69, 9.17) is 4.74 Å². The summed E-state index contributed by atoms with van der Waals surface area (Å²) in [6.45, 7) is 6.69. The maximum absolute atomic E-state index is 12.3. The third-order valence-corrected chi connectivity index (χ3v) is 4.89. The molecule has 0 bridgehead atoms. The van der Waals surface area contributed by atoms with Gasteiger partial charge in [0.1, 0.15) is 6.04 Å². The van der Waals surface area contributed by atoms with Crippen molar-refractivity contribution in [3.63, 3.8) is 0 Å². The summed E-state index contributed by atoms with van der Waals surface area (Å²) in [4.78, 5) is 24.2. The van der Waals surface area contributed by atoms with E-state index >= 15 is 0 Å². The quantitative estimate of drug-likeness (QED) is 0.523. The van der Waals surface area contributed by atoms with Crippen molar-refractivity contribution in [1.82, 2.24) is 20.1 Å². The Hall–Kier alpha value is -2.35. The van der Waals surface area contributed by atoms with Gasteiger partial charge in [-0.1, -0.05) is 55.9 Å². The highest BCUT2D eigenvalue weighted by Gasteiger charge is 2.23. The van der Waals surface area contributed by atoms with Crippen molar-refractivity contribution in [2.45, 2.75) is 44.9 Å². The SMILES string of the molecule is CCn1c(SCC(=O)N[C@@H](CC(C)C)C(=O)OC)nnc1-c1ccccc1. The highest BCUT2D eigenvalue weighted by atomic mass is 32.2. The van der Waals surface area contributed by atoms with E-state index in [9.17, 15) is 9.59 Å². The molecular formula is C19H26N4O3S. The van der Waals surface area contributed by atoms with Crippen LogP contribution in [0, 0.1) is 5.92 Å². The summed E-state index contributed by atoms with van der Waals surface area (Å²) in [6, 6.07) is 9.17. The van der Waals surface area contributed by atoms with Crippen molar-refractivity contribution in [3.8, 4) is 11.4 Å². The van der Waals surface area contributed by atoms with Gasteiger partial charge < -0.3 is 14.6 Å². The number of hydrogen-bond donors (Lipinski definition) is 1. The number of benzene rings is 1. The van der Waals surface area contributed by atoms with E-state index in [1.165, 1.54) is 18.9 Å². The van der Waals surface area contributed by atoms with Crippen LogP contribution in [0.3, 0.4) is 0 Å². The standard InChI is InChI=1S/C19H26N4O3S/c1-5-23-17(14-9-7-6-8-10-14)21-22-19(23)27-12-16(24)20-15(11-13(2)3)18(25)26-4/h6-10,13,15H,5,11-12H2,1-4H3,(H,20,24)/t15-/m0/s1. The van der Waals surface area contributed by atoms with Crippen LogP contribution < -0.4 is 5.32 Å². The van der Waals surface area contributed by atoms with Crippen LogP contribution in [0.4, 0.5) is 0 Å². The van der Waals surface area contributed by atoms with Gasteiger partial charge in [-0.25, -0.2) is 4.79 Å². The van der Waals surface area contributed by atoms with Gasteiger partial charge in [0.25, 0.3) is 0 Å². The van der Waals surface area contributed by atoms with Crippen molar-refractivity contribution in [2.75, 3.05) is 12.9 Å². The summed E-state index contributed by atoms with van der Waals surface area (Å²) < 4.78 is 6.75. The number of rotatable bonds is 9. The Labute approximate surface area is 163 Å². The van der Waals surface area contributed by atoms with Crippen LogP contribution in [0.5, 0.6) is 0 Å². The van der Waals surface area contributed by atoms with Gasteiger partial charge in [0.15, 0.2) is 11.0 Å². The minimum Gasteiger partial charge on any atom is -0.467 e. The van der Waals surface area contributed by atoms with Gasteiger partial charge in [0, 0.05) is 12.1 Å². The third-order valence-electron chi connectivity index (χ3n) is 3.93. The van der Waals surface area contributed by atoms with Gasteiger partial charge in [-0.15, -0.1) is 10.2 Å². The fourth-order valence-electron chi connectivity index (χ4n) is 2.68. The van der Waals surface area contributed by atoms with E-state index in [-0.39, 0.29) is 17.6 Å². The van der Waals surface area contributed by atoms with Crippen LogP contribution in [-0.2, 0) is 20.9 Å². The lowest BCUT2D eigenvalue weighted by molar-refractivity contribution is -0.145. The van der Waals surface area contributed by atoms with Crippen LogP contribution in [0.2, 0.25) is 0 Å². The Balaban J connectivity index is 2.02. The lowest BCUT2D eigenvalue weighted by atomic mass is 10.0. The van der Waals surface area contributed by atoms with Gasteiger partial charge >= 0.3 is 5.97 Å². The molecule has 0 aliphatic heterocycles. The molecule has 7 nitrogen and oxygen atoms in total. The molecule has 8 heteroatoms. The minimum atomic E-state index is -0.632. The van der Waals surface area contributed by atoms with Crippen molar-refractivity contribution in [1.29, 1.82) is 0 Å². The van der Waals surface area contributed by atoms with Crippen molar-refractivity contribution in [3.05, 3.63) is 30.3 Å². The molecule has 0 fully saturated rings. The van der Waals surface area contributed by atoms with Crippen molar-refractivity contribution >= 4 is 23.6 Å². The molecule has 0 radical (unpaired) electrons. The van der Waals surface area contributed by atoms with E-state index in [0.717, 1.165) is 11.4 Å². The molecular weight excluding hydrogens is 364 g/mol. The maximum atomic E-state index is 12.3. The minimum absolute atomic E-state index is 0.151. The van der Waals surface area contributed by atoms with E-state index in [2.05, 4.69) is 15.5 Å². The summed E-state index contributed by atoms with van der Waals surface area (Å²) >= 11 is 1.30. The topological polar surface area (TPSA) is 86.1 Å². The largest absolute Gasteiger partial charge is 0.467 e. The van der Waals surface area contributed by atoms with E-state index in [1.807, 2.05) is 55.7 Å². The van der Waals surface area contributed by atoms with Crippen LogP contribution >= 0.6 is 11.8 Å². The van der Waals surface area contributed by atoms with Crippen LogP contribution in [-0.4, -0.2) is 45.5 Å². The first-order chi connectivity index (χ1) is 13.0. The molecule has 1 atom stereocenters. The number of nitrogens with one attached hydrogen (secondary N) is 1. The Morgan fingerprint density at radius 3 is 2.52 bits per heavy atom. The number of nitrogens with zero attached hydrogens (tertiary/aromatic N) is 3. The Morgan fingerprint density at radius 2 is 1.93 bits per heavy atom. The average Bonchev–Trinajstić information content (AvgIpc) is 3.08. The van der Waals surface area contributed by atoms with Crippen LogP contribution in [0.15, 0.2) is 35.5 Å². The average molecular weight is 391 g/mol. The molecule has 27 heavy (non-hydrogen) atoms. The first-order valence-electron chi connectivity index (χ1n) is 8.94. The molecule has 1 aromatic carbocycles. The predicted molar refractivity (Wildman–Crippen MR) is 105 cm³/mol. The number of carbonyl (C=O) groups excluding carboxylic acids is 2. The lowest BCUT2D eigenvalue weighted by Crippen LogP contribution is -2.43. The molecule has 0 aliphatic rings. The molecule has 0 aliphatic carbocycles. The highest BCUT2D eigenvalue weighted by Crippen LogP contribution is 2.23. The zero-order valence-corrected chi connectivity index (χ0v) is 17.0. The number of ether oxygens (including phenoxy) is 1. The smallest absolute Gasteiger partial charge is 0.328 e. The molecule has 1 aromatic heterocycles. The zero-order chi connectivity index (χ0) is 19.8. The first-order valence-corrected chi connectivity index (χ1v) is 9.93. The molecule has 0 saturated carbocycles. The van der Waals surface area contributed by atoms with Gasteiger partial charge in [-0.3, -0.25) is 4.79 Å². The highest BCUT2D eigenvalue weighted by molar-refractivity contribution is 7.99. The molecule has 2 aromatic rings. The molecule has 0 unspecified atom stereocenters. The number of methoxy groups -OCH3 is 1. The zero-order valence-electron chi connectivity index (χ0n) is 16.1. The third kappa shape index (κ3) is 5.82. The van der Waals surface area contributed by atoms with Crippen LogP contribution in [0.1, 0.15) is 27.2 Å². The van der Waals surface area contributed by atoms with E-state index in [0.29, 0.717) is 18.1 Å². The van der Waals surface area contributed by atoms with Gasteiger partial charge in [0.05, 0.1) is 12.9 Å². The van der Waals surface area contributed by atoms with Crippen LogP contribution in [0.25, 0.3) is 11.4 Å². The second kappa shape index (κ2) is 10.1. The number of hydrogen-bond acceptors (Lipinski definition) is 6. The number of carbonyl (C=O) groups is 2. The Bertz CT molecular complexity index is 762. The Morgan fingerprint density at radius 1 is 1.22 bits per heavy atom.